The van der Waals surface area contributed by atoms with Gasteiger partial charge in [-0.2, -0.15) is 5.10 Å². The molecular formula is C18H22N4O3S. The van der Waals surface area contributed by atoms with Gasteiger partial charge in [0, 0.05) is 24.8 Å². The minimum Gasteiger partial charge on any atom is -0.480 e. The molecule has 1 saturated carbocycles. The van der Waals surface area contributed by atoms with Crippen LogP contribution in [0.1, 0.15) is 47.5 Å². The molecule has 0 aromatic carbocycles. The van der Waals surface area contributed by atoms with Crippen molar-refractivity contribution in [1.29, 1.82) is 0 Å². The number of carboxylic acid groups (broad SMARTS) is 1. The third kappa shape index (κ3) is 2.82. The summed E-state index contributed by atoms with van der Waals surface area (Å²) in [4.78, 5) is 31.8. The van der Waals surface area contributed by atoms with Crippen LogP contribution in [0.2, 0.25) is 0 Å². The number of thiazole rings is 1. The molecule has 4 rings (SSSR count). The number of hydrogen-bond donors (Lipinski definition) is 1. The first-order chi connectivity index (χ1) is 12.5. The largest absolute Gasteiger partial charge is 0.480 e. The molecule has 2 aromatic rings. The summed E-state index contributed by atoms with van der Waals surface area (Å²) in [5.74, 6) is -0.779. The maximum atomic E-state index is 13.3. The first kappa shape index (κ1) is 17.2. The summed E-state index contributed by atoms with van der Waals surface area (Å²) in [5.41, 5.74) is 1.52. The molecule has 2 aromatic heterocycles. The lowest BCUT2D eigenvalue weighted by molar-refractivity contribution is -0.141. The lowest BCUT2D eigenvalue weighted by Gasteiger charge is -2.32. The number of amides is 1. The van der Waals surface area contributed by atoms with E-state index in [2.05, 4.69) is 10.1 Å². The second-order valence-electron chi connectivity index (χ2n) is 7.25. The number of aliphatic carboxylic acids is 1. The fraction of sp³-hybridized carbons (Fsp3) is 0.556. The van der Waals surface area contributed by atoms with Gasteiger partial charge in [0.05, 0.1) is 11.9 Å². The molecule has 138 valence electrons. The zero-order chi connectivity index (χ0) is 18.4. The van der Waals surface area contributed by atoms with Crippen molar-refractivity contribution in [2.24, 2.45) is 13.0 Å². The number of fused-ring (bicyclic) bond motifs is 1. The molecule has 1 N–H and O–H groups in total. The van der Waals surface area contributed by atoms with Crippen molar-refractivity contribution in [3.8, 4) is 10.6 Å². The van der Waals surface area contributed by atoms with Crippen molar-refractivity contribution in [2.75, 3.05) is 0 Å². The molecule has 0 spiro atoms. The van der Waals surface area contributed by atoms with E-state index in [4.69, 9.17) is 0 Å². The van der Waals surface area contributed by atoms with Gasteiger partial charge in [0.25, 0.3) is 5.91 Å². The summed E-state index contributed by atoms with van der Waals surface area (Å²) in [6.07, 6.45) is 8.24. The molecule has 0 radical (unpaired) electrons. The number of carbonyl (C=O) groups excluding carboxylic acids is 1. The van der Waals surface area contributed by atoms with Crippen molar-refractivity contribution in [1.82, 2.24) is 19.7 Å². The first-order valence-corrected chi connectivity index (χ1v) is 9.79. The second kappa shape index (κ2) is 6.50. The molecule has 1 saturated heterocycles. The van der Waals surface area contributed by atoms with Crippen LogP contribution < -0.4 is 0 Å². The van der Waals surface area contributed by atoms with Crippen molar-refractivity contribution < 1.29 is 14.7 Å². The summed E-state index contributed by atoms with van der Waals surface area (Å²) in [6, 6.07) is -0.681. The quantitative estimate of drug-likeness (QED) is 0.892. The van der Waals surface area contributed by atoms with Crippen molar-refractivity contribution in [2.45, 2.75) is 51.1 Å². The predicted octanol–water partition coefficient (Wildman–Crippen LogP) is 2.71. The molecule has 1 amide bonds. The minimum atomic E-state index is -0.901. The van der Waals surface area contributed by atoms with Gasteiger partial charge >= 0.3 is 5.97 Å². The van der Waals surface area contributed by atoms with Crippen LogP contribution in [0, 0.1) is 12.8 Å². The molecular weight excluding hydrogens is 352 g/mol. The molecule has 3 heterocycles. The Morgan fingerprint density at radius 2 is 2.08 bits per heavy atom. The fourth-order valence-corrected chi connectivity index (χ4v) is 5.33. The number of carboxylic acids is 1. The SMILES string of the molecule is Cc1nc(-c2cnn(C)c2)sc1C(=O)N1[C@H](C(=O)O)C[C@@H]2CCCC[C@@H]21. The average Bonchev–Trinajstić information content (AvgIpc) is 3.30. The highest BCUT2D eigenvalue weighted by molar-refractivity contribution is 7.17. The van der Waals surface area contributed by atoms with Crippen LogP contribution in [0.4, 0.5) is 0 Å². The number of nitrogens with zero attached hydrogens (tertiary/aromatic N) is 4. The van der Waals surface area contributed by atoms with Gasteiger partial charge in [0.15, 0.2) is 0 Å². The molecule has 3 atom stereocenters. The van der Waals surface area contributed by atoms with E-state index in [-0.39, 0.29) is 11.9 Å². The molecule has 8 heteroatoms. The van der Waals surface area contributed by atoms with E-state index in [1.165, 1.54) is 11.3 Å². The highest BCUT2D eigenvalue weighted by Crippen LogP contribution is 2.41. The first-order valence-electron chi connectivity index (χ1n) is 8.97. The summed E-state index contributed by atoms with van der Waals surface area (Å²) in [6.45, 7) is 1.81. The lowest BCUT2D eigenvalue weighted by atomic mass is 9.85. The molecule has 1 aliphatic carbocycles. The zero-order valence-electron chi connectivity index (χ0n) is 14.9. The van der Waals surface area contributed by atoms with E-state index >= 15 is 0 Å². The van der Waals surface area contributed by atoms with Gasteiger partial charge in [-0.15, -0.1) is 11.3 Å². The van der Waals surface area contributed by atoms with Crippen LogP contribution in [0.3, 0.4) is 0 Å². The van der Waals surface area contributed by atoms with Crippen molar-refractivity contribution in [3.63, 3.8) is 0 Å². The van der Waals surface area contributed by atoms with Gasteiger partial charge in [0.1, 0.15) is 15.9 Å². The highest BCUT2D eigenvalue weighted by atomic mass is 32.1. The number of aromatic nitrogens is 3. The summed E-state index contributed by atoms with van der Waals surface area (Å²) < 4.78 is 1.70. The van der Waals surface area contributed by atoms with Crippen LogP contribution in [-0.2, 0) is 11.8 Å². The van der Waals surface area contributed by atoms with Crippen molar-refractivity contribution >= 4 is 23.2 Å². The van der Waals surface area contributed by atoms with Crippen LogP contribution in [0.25, 0.3) is 10.6 Å². The van der Waals surface area contributed by atoms with Gasteiger partial charge < -0.3 is 10.0 Å². The molecule has 2 fully saturated rings. The minimum absolute atomic E-state index is 0.0423. The Morgan fingerprint density at radius 3 is 2.77 bits per heavy atom. The Morgan fingerprint density at radius 1 is 1.31 bits per heavy atom. The standard InChI is InChI=1S/C18H22N4O3S/c1-10-15(26-16(20-10)12-8-19-21(2)9-12)17(23)22-13-6-4-3-5-11(13)7-14(22)18(24)25/h8-9,11,13-14H,3-7H2,1-2H3,(H,24,25)/t11-,13-,14-/m0/s1. The van der Waals surface area contributed by atoms with E-state index < -0.39 is 12.0 Å². The lowest BCUT2D eigenvalue weighted by Crippen LogP contribution is -2.46. The number of hydrogen-bond acceptors (Lipinski definition) is 5. The van der Waals surface area contributed by atoms with E-state index in [9.17, 15) is 14.7 Å². The average molecular weight is 374 g/mol. The Kier molecular flexibility index (Phi) is 4.30. The zero-order valence-corrected chi connectivity index (χ0v) is 15.7. The maximum absolute atomic E-state index is 13.3. The Bertz CT molecular complexity index is 858. The molecule has 2 aliphatic rings. The summed E-state index contributed by atoms with van der Waals surface area (Å²) in [5, 5.41) is 14.6. The molecule has 1 aliphatic heterocycles. The summed E-state index contributed by atoms with van der Waals surface area (Å²) in [7, 11) is 1.83. The van der Waals surface area contributed by atoms with Gasteiger partial charge in [-0.3, -0.25) is 9.48 Å². The number of likely N-dealkylation sites (tertiary alicyclic amines) is 1. The Hall–Kier alpha value is -2.22. The highest BCUT2D eigenvalue weighted by Gasteiger charge is 2.48. The monoisotopic (exact) mass is 374 g/mol. The third-order valence-corrected chi connectivity index (χ3v) is 6.74. The Balaban J connectivity index is 1.67. The molecule has 26 heavy (non-hydrogen) atoms. The van der Waals surface area contributed by atoms with E-state index in [1.54, 1.807) is 15.8 Å². The number of rotatable bonds is 3. The Labute approximate surface area is 155 Å². The van der Waals surface area contributed by atoms with E-state index in [1.807, 2.05) is 20.2 Å². The summed E-state index contributed by atoms with van der Waals surface area (Å²) >= 11 is 1.33. The van der Waals surface area contributed by atoms with Crippen LogP contribution >= 0.6 is 11.3 Å². The van der Waals surface area contributed by atoms with Gasteiger partial charge in [0.2, 0.25) is 0 Å². The smallest absolute Gasteiger partial charge is 0.326 e. The maximum Gasteiger partial charge on any atom is 0.326 e. The van der Waals surface area contributed by atoms with E-state index in [0.29, 0.717) is 22.9 Å². The predicted molar refractivity (Wildman–Crippen MR) is 97.0 cm³/mol. The fourth-order valence-electron chi connectivity index (χ4n) is 4.34. The number of carbonyl (C=O) groups is 2. The van der Waals surface area contributed by atoms with Crippen LogP contribution in [-0.4, -0.2) is 48.7 Å². The van der Waals surface area contributed by atoms with Gasteiger partial charge in [-0.25, -0.2) is 9.78 Å². The number of aryl methyl sites for hydroxylation is 2. The van der Waals surface area contributed by atoms with E-state index in [0.717, 1.165) is 36.3 Å². The third-order valence-electron chi connectivity index (χ3n) is 5.55. The van der Waals surface area contributed by atoms with Crippen LogP contribution in [0.15, 0.2) is 12.4 Å². The van der Waals surface area contributed by atoms with Crippen molar-refractivity contribution in [3.05, 3.63) is 23.0 Å². The molecule has 7 nitrogen and oxygen atoms in total. The topological polar surface area (TPSA) is 88.3 Å². The van der Waals surface area contributed by atoms with Gasteiger partial charge in [-0.05, 0) is 32.1 Å². The molecule has 0 unspecified atom stereocenters. The normalized spacial score (nSPS) is 25.3. The molecule has 0 bridgehead atoms. The second-order valence-corrected chi connectivity index (χ2v) is 8.25. The van der Waals surface area contributed by atoms with Crippen LogP contribution in [0.5, 0.6) is 0 Å². The van der Waals surface area contributed by atoms with Gasteiger partial charge in [-0.1, -0.05) is 12.8 Å².